The fourth-order valence-corrected chi connectivity index (χ4v) is 4.84. The van der Waals surface area contributed by atoms with E-state index in [-0.39, 0.29) is 6.04 Å². The molecule has 5 rings (SSSR count). The van der Waals surface area contributed by atoms with Crippen molar-refractivity contribution in [1.82, 2.24) is 24.8 Å². The zero-order valence-corrected chi connectivity index (χ0v) is 20.2. The normalized spacial score (nSPS) is 15.2. The van der Waals surface area contributed by atoms with E-state index in [0.717, 1.165) is 54.4 Å². The Morgan fingerprint density at radius 2 is 1.86 bits per heavy atom. The first-order valence-electron chi connectivity index (χ1n) is 12.2. The molecule has 4 aromatic rings. The molecule has 35 heavy (non-hydrogen) atoms. The molecule has 2 N–H and O–H groups in total. The fraction of sp³-hybridized carbons (Fsp3) is 0.321. The maximum absolute atomic E-state index is 13.5. The van der Waals surface area contributed by atoms with Crippen molar-refractivity contribution >= 4 is 5.95 Å². The molecule has 6 nitrogen and oxygen atoms in total. The lowest BCUT2D eigenvalue weighted by atomic mass is 9.97. The predicted octanol–water partition coefficient (Wildman–Crippen LogP) is 5.65. The molecule has 0 amide bonds. The summed E-state index contributed by atoms with van der Waals surface area (Å²) < 4.78 is 15.6. The first-order valence-corrected chi connectivity index (χ1v) is 12.2. The molecule has 2 aromatic carbocycles. The summed E-state index contributed by atoms with van der Waals surface area (Å²) in [5, 5.41) is 6.86. The Morgan fingerprint density at radius 1 is 1.06 bits per heavy atom. The van der Waals surface area contributed by atoms with Gasteiger partial charge in [0.2, 0.25) is 5.95 Å². The van der Waals surface area contributed by atoms with Crippen LogP contribution in [0.25, 0.3) is 22.6 Å². The van der Waals surface area contributed by atoms with Crippen LogP contribution in [0.4, 0.5) is 10.3 Å². The molecule has 1 fully saturated rings. The van der Waals surface area contributed by atoms with Gasteiger partial charge >= 0.3 is 0 Å². The van der Waals surface area contributed by atoms with Crippen molar-refractivity contribution in [2.75, 3.05) is 18.4 Å². The predicted molar refractivity (Wildman–Crippen MR) is 138 cm³/mol. The minimum atomic E-state index is -0.504. The molecule has 1 aliphatic rings. The van der Waals surface area contributed by atoms with Crippen molar-refractivity contribution in [1.29, 1.82) is 0 Å². The molecule has 1 atom stereocenters. The molecule has 1 saturated heterocycles. The number of aromatic nitrogens is 4. The number of rotatable bonds is 7. The third-order valence-corrected chi connectivity index (χ3v) is 6.73. The Hall–Kier alpha value is -3.58. The molecular weight excluding hydrogens is 439 g/mol. The van der Waals surface area contributed by atoms with Crippen molar-refractivity contribution in [2.24, 2.45) is 7.05 Å². The second kappa shape index (κ2) is 10.4. The Balaban J connectivity index is 1.56. The Labute approximate surface area is 205 Å². The fourth-order valence-electron chi connectivity index (χ4n) is 4.84. The van der Waals surface area contributed by atoms with E-state index in [2.05, 4.69) is 46.3 Å². The summed E-state index contributed by atoms with van der Waals surface area (Å²) >= 11 is 0. The molecule has 7 heteroatoms. The van der Waals surface area contributed by atoms with Crippen molar-refractivity contribution in [3.8, 4) is 22.6 Å². The number of piperidine rings is 1. The van der Waals surface area contributed by atoms with Gasteiger partial charge in [-0.2, -0.15) is 0 Å². The molecule has 0 spiro atoms. The van der Waals surface area contributed by atoms with Gasteiger partial charge in [0, 0.05) is 24.7 Å². The largest absolute Gasteiger partial charge is 0.348 e. The number of anilines is 1. The molecule has 0 saturated carbocycles. The summed E-state index contributed by atoms with van der Waals surface area (Å²) in [6.07, 6.45) is 3.86. The standard InChI is InChI=1S/C28H31FN6/c1-19(21-8-4-3-5-9-21)32-28-31-16-13-24(33-28)26-25(23-10-6-7-20(17-23)18-29)34-27(35(26)2)22-11-14-30-15-12-22/h3-10,13,16-17,19,22,30H,11-12,14-15,18H2,1-2H3,(H,31,32,33)/t19-/m1/s1. The van der Waals surface area contributed by atoms with Crippen molar-refractivity contribution in [3.63, 3.8) is 0 Å². The molecule has 3 heterocycles. The van der Waals surface area contributed by atoms with Crippen LogP contribution in [0.2, 0.25) is 0 Å². The molecule has 180 valence electrons. The molecule has 1 aliphatic heterocycles. The summed E-state index contributed by atoms with van der Waals surface area (Å²) in [5.74, 6) is 1.98. The Kier molecular flexibility index (Phi) is 6.86. The van der Waals surface area contributed by atoms with Gasteiger partial charge in [-0.3, -0.25) is 0 Å². The maximum Gasteiger partial charge on any atom is 0.223 e. The summed E-state index contributed by atoms with van der Waals surface area (Å²) in [7, 11) is 2.06. The Bertz CT molecular complexity index is 1280. The monoisotopic (exact) mass is 470 g/mol. The average molecular weight is 471 g/mol. The highest BCUT2D eigenvalue weighted by atomic mass is 19.1. The summed E-state index contributed by atoms with van der Waals surface area (Å²) in [5.41, 5.74) is 5.25. The van der Waals surface area contributed by atoms with Crippen molar-refractivity contribution in [3.05, 3.63) is 83.8 Å². The zero-order valence-electron chi connectivity index (χ0n) is 20.2. The smallest absolute Gasteiger partial charge is 0.223 e. The van der Waals surface area contributed by atoms with E-state index < -0.39 is 6.67 Å². The first-order chi connectivity index (χ1) is 17.1. The lowest BCUT2D eigenvalue weighted by Crippen LogP contribution is -2.27. The van der Waals surface area contributed by atoms with Gasteiger partial charge in [-0.05, 0) is 56.1 Å². The molecule has 0 aliphatic carbocycles. The lowest BCUT2D eigenvalue weighted by Gasteiger charge is -2.22. The average Bonchev–Trinajstić information content (AvgIpc) is 3.27. The van der Waals surface area contributed by atoms with Gasteiger partial charge in [0.05, 0.1) is 23.1 Å². The van der Waals surface area contributed by atoms with Crippen LogP contribution in [0.15, 0.2) is 66.9 Å². The topological polar surface area (TPSA) is 67.7 Å². The number of benzene rings is 2. The second-order valence-corrected chi connectivity index (χ2v) is 9.13. The van der Waals surface area contributed by atoms with E-state index in [0.29, 0.717) is 17.4 Å². The van der Waals surface area contributed by atoms with Crippen molar-refractivity contribution < 1.29 is 4.39 Å². The number of hydrogen-bond acceptors (Lipinski definition) is 5. The van der Waals surface area contributed by atoms with E-state index in [1.807, 2.05) is 42.5 Å². The van der Waals surface area contributed by atoms with Crippen LogP contribution in [0, 0.1) is 0 Å². The van der Waals surface area contributed by atoms with Gasteiger partial charge in [-0.25, -0.2) is 19.3 Å². The third-order valence-electron chi connectivity index (χ3n) is 6.73. The highest BCUT2D eigenvalue weighted by Crippen LogP contribution is 2.36. The van der Waals surface area contributed by atoms with Crippen LogP contribution in [0.5, 0.6) is 0 Å². The summed E-state index contributed by atoms with van der Waals surface area (Å²) in [6.45, 7) is 3.56. The maximum atomic E-state index is 13.5. The number of alkyl halides is 1. The summed E-state index contributed by atoms with van der Waals surface area (Å²) in [4.78, 5) is 14.5. The number of nitrogens with one attached hydrogen (secondary N) is 2. The quantitative estimate of drug-likeness (QED) is 0.365. The number of hydrogen-bond donors (Lipinski definition) is 2. The van der Waals surface area contributed by atoms with Crippen LogP contribution in [0.1, 0.15) is 48.7 Å². The highest BCUT2D eigenvalue weighted by molar-refractivity contribution is 5.78. The van der Waals surface area contributed by atoms with Crippen LogP contribution in [0.3, 0.4) is 0 Å². The lowest BCUT2D eigenvalue weighted by molar-refractivity contribution is 0.438. The van der Waals surface area contributed by atoms with Gasteiger partial charge < -0.3 is 15.2 Å². The zero-order chi connectivity index (χ0) is 24.2. The Morgan fingerprint density at radius 3 is 2.63 bits per heavy atom. The van der Waals surface area contributed by atoms with E-state index in [1.54, 1.807) is 12.3 Å². The van der Waals surface area contributed by atoms with E-state index in [4.69, 9.17) is 9.97 Å². The minimum absolute atomic E-state index is 0.0593. The molecule has 0 unspecified atom stereocenters. The van der Waals surface area contributed by atoms with Gasteiger partial charge in [0.25, 0.3) is 0 Å². The minimum Gasteiger partial charge on any atom is -0.348 e. The molecule has 2 aromatic heterocycles. The van der Waals surface area contributed by atoms with Crippen LogP contribution < -0.4 is 10.6 Å². The SMILES string of the molecule is C[C@@H](Nc1nccc(-c2c(-c3cccc(CF)c3)nc(C3CCNCC3)n2C)n1)c1ccccc1. The third kappa shape index (κ3) is 4.95. The van der Waals surface area contributed by atoms with Crippen LogP contribution in [-0.2, 0) is 13.7 Å². The van der Waals surface area contributed by atoms with Crippen LogP contribution in [-0.4, -0.2) is 32.6 Å². The number of imidazole rings is 1. The van der Waals surface area contributed by atoms with Gasteiger partial charge in [0.1, 0.15) is 12.5 Å². The molecule has 0 bridgehead atoms. The molecule has 0 radical (unpaired) electrons. The van der Waals surface area contributed by atoms with Gasteiger partial charge in [-0.15, -0.1) is 0 Å². The molecular formula is C28H31FN6. The van der Waals surface area contributed by atoms with Gasteiger partial charge in [-0.1, -0.05) is 48.5 Å². The number of nitrogens with zero attached hydrogens (tertiary/aromatic N) is 4. The van der Waals surface area contributed by atoms with E-state index >= 15 is 0 Å². The van der Waals surface area contributed by atoms with Gasteiger partial charge in [0.15, 0.2) is 0 Å². The van der Waals surface area contributed by atoms with E-state index in [9.17, 15) is 4.39 Å². The second-order valence-electron chi connectivity index (χ2n) is 9.13. The highest BCUT2D eigenvalue weighted by Gasteiger charge is 2.26. The van der Waals surface area contributed by atoms with Crippen LogP contribution >= 0.6 is 0 Å². The van der Waals surface area contributed by atoms with E-state index in [1.165, 1.54) is 5.56 Å². The number of halogens is 1. The first kappa shape index (κ1) is 23.2. The van der Waals surface area contributed by atoms with Crippen molar-refractivity contribution in [2.45, 2.75) is 38.4 Å². The summed E-state index contributed by atoms with van der Waals surface area (Å²) in [6, 6.07) is 19.8.